The van der Waals surface area contributed by atoms with E-state index < -0.39 is 0 Å². The summed E-state index contributed by atoms with van der Waals surface area (Å²) in [6.07, 6.45) is 3.06. The van der Waals surface area contributed by atoms with Gasteiger partial charge >= 0.3 is 0 Å². The highest BCUT2D eigenvalue weighted by Crippen LogP contribution is 2.34. The number of carbonyl (C=O) groups excluding carboxylic acids is 1. The molecule has 0 spiro atoms. The third-order valence-corrected chi connectivity index (χ3v) is 6.11. The van der Waals surface area contributed by atoms with E-state index >= 15 is 0 Å². The molecule has 1 N–H and O–H groups in total. The minimum Gasteiger partial charge on any atom is -0.496 e. The molecule has 1 atom stereocenters. The summed E-state index contributed by atoms with van der Waals surface area (Å²) in [5.41, 5.74) is 2.54. The summed E-state index contributed by atoms with van der Waals surface area (Å²) in [5.74, 6) is 0.878. The Morgan fingerprint density at radius 1 is 1.21 bits per heavy atom. The number of amides is 1. The standard InChI is InChI=1S/C25H24FN5O3/c1-33-20-7-3-2-5-17(20)13-27-24(32)18-6-4-12-31(14-18)23-21-22(16-8-10-19(26)11-9-16)30-34-25(21)29-15-28-23/h2-3,5,7-11,15,18H,4,6,12-14H2,1H3,(H,27,32)/t18-/m1/s1. The molecule has 1 aliphatic rings. The number of benzene rings is 2. The van der Waals surface area contributed by atoms with E-state index in [0.29, 0.717) is 41.3 Å². The average molecular weight is 461 g/mol. The highest BCUT2D eigenvalue weighted by atomic mass is 19.1. The Bertz CT molecular complexity index is 1310. The number of fused-ring (bicyclic) bond motifs is 1. The predicted octanol–water partition coefficient (Wildman–Crippen LogP) is 3.97. The number of rotatable bonds is 6. The number of para-hydroxylation sites is 1. The van der Waals surface area contributed by atoms with Crippen molar-refractivity contribution in [2.75, 3.05) is 25.1 Å². The molecule has 174 valence electrons. The number of carbonyl (C=O) groups is 1. The molecule has 8 nitrogen and oxygen atoms in total. The molecule has 5 rings (SSSR count). The lowest BCUT2D eigenvalue weighted by atomic mass is 9.96. The van der Waals surface area contributed by atoms with E-state index in [4.69, 9.17) is 9.26 Å². The molecule has 3 heterocycles. The van der Waals surface area contributed by atoms with Gasteiger partial charge in [-0.3, -0.25) is 4.79 Å². The van der Waals surface area contributed by atoms with Crippen LogP contribution in [0.4, 0.5) is 10.2 Å². The SMILES string of the molecule is COc1ccccc1CNC(=O)[C@@H]1CCCN(c2ncnc3onc(-c4ccc(F)cc4)c23)C1. The van der Waals surface area contributed by atoms with Gasteiger partial charge < -0.3 is 19.5 Å². The molecule has 1 fully saturated rings. The van der Waals surface area contributed by atoms with Crippen LogP contribution in [0.5, 0.6) is 5.75 Å². The summed E-state index contributed by atoms with van der Waals surface area (Å²) < 4.78 is 24.2. The largest absolute Gasteiger partial charge is 0.496 e. The maximum Gasteiger partial charge on any atom is 0.263 e. The van der Waals surface area contributed by atoms with Gasteiger partial charge in [-0.25, -0.2) is 9.37 Å². The Morgan fingerprint density at radius 3 is 2.85 bits per heavy atom. The molecule has 1 saturated heterocycles. The lowest BCUT2D eigenvalue weighted by molar-refractivity contribution is -0.125. The van der Waals surface area contributed by atoms with Crippen LogP contribution in [0.1, 0.15) is 18.4 Å². The third kappa shape index (κ3) is 4.28. The second-order valence-corrected chi connectivity index (χ2v) is 8.23. The second kappa shape index (κ2) is 9.46. The Hall–Kier alpha value is -4.01. The Morgan fingerprint density at radius 2 is 2.03 bits per heavy atom. The summed E-state index contributed by atoms with van der Waals surface area (Å²) in [6, 6.07) is 13.7. The Kier molecular flexibility index (Phi) is 6.07. The number of aromatic nitrogens is 3. The molecule has 2 aromatic heterocycles. The van der Waals surface area contributed by atoms with Gasteiger partial charge in [-0.2, -0.15) is 4.98 Å². The number of piperidine rings is 1. The molecule has 4 aromatic rings. The fraction of sp³-hybridized carbons (Fsp3) is 0.280. The van der Waals surface area contributed by atoms with Crippen molar-refractivity contribution in [3.8, 4) is 17.0 Å². The van der Waals surface area contributed by atoms with E-state index in [2.05, 4.69) is 25.3 Å². The summed E-state index contributed by atoms with van der Waals surface area (Å²) in [6.45, 7) is 1.66. The molecule has 0 bridgehead atoms. The zero-order valence-corrected chi connectivity index (χ0v) is 18.7. The Labute approximate surface area is 195 Å². The second-order valence-electron chi connectivity index (χ2n) is 8.23. The van der Waals surface area contributed by atoms with Crippen LogP contribution in [0, 0.1) is 11.7 Å². The van der Waals surface area contributed by atoms with Gasteiger partial charge in [0.2, 0.25) is 5.91 Å². The summed E-state index contributed by atoms with van der Waals surface area (Å²) >= 11 is 0. The van der Waals surface area contributed by atoms with Crippen molar-refractivity contribution in [1.82, 2.24) is 20.4 Å². The normalized spacial score (nSPS) is 15.9. The van der Waals surface area contributed by atoms with Crippen LogP contribution in [-0.2, 0) is 11.3 Å². The van der Waals surface area contributed by atoms with Crippen molar-refractivity contribution in [3.05, 3.63) is 66.2 Å². The van der Waals surface area contributed by atoms with Gasteiger partial charge in [0, 0.05) is 30.8 Å². The molecular formula is C25H24FN5O3. The van der Waals surface area contributed by atoms with Crippen molar-refractivity contribution in [2.24, 2.45) is 5.92 Å². The average Bonchev–Trinajstić information content (AvgIpc) is 3.32. The zero-order valence-electron chi connectivity index (χ0n) is 18.7. The van der Waals surface area contributed by atoms with Crippen LogP contribution >= 0.6 is 0 Å². The Balaban J connectivity index is 1.36. The van der Waals surface area contributed by atoms with Gasteiger partial charge in [-0.05, 0) is 43.2 Å². The third-order valence-electron chi connectivity index (χ3n) is 6.11. The number of hydrogen-bond donors (Lipinski definition) is 1. The smallest absolute Gasteiger partial charge is 0.263 e. The number of halogens is 1. The molecule has 34 heavy (non-hydrogen) atoms. The molecule has 0 unspecified atom stereocenters. The van der Waals surface area contributed by atoms with E-state index in [9.17, 15) is 9.18 Å². The lowest BCUT2D eigenvalue weighted by Crippen LogP contribution is -2.43. The lowest BCUT2D eigenvalue weighted by Gasteiger charge is -2.33. The van der Waals surface area contributed by atoms with Crippen LogP contribution < -0.4 is 15.0 Å². The molecule has 0 aliphatic carbocycles. The first-order valence-electron chi connectivity index (χ1n) is 11.1. The monoisotopic (exact) mass is 461 g/mol. The van der Waals surface area contributed by atoms with E-state index in [0.717, 1.165) is 30.7 Å². The van der Waals surface area contributed by atoms with E-state index in [1.54, 1.807) is 19.2 Å². The van der Waals surface area contributed by atoms with Crippen molar-refractivity contribution in [3.63, 3.8) is 0 Å². The predicted molar refractivity (Wildman–Crippen MR) is 125 cm³/mol. The van der Waals surface area contributed by atoms with Crippen LogP contribution in [0.3, 0.4) is 0 Å². The molecule has 0 radical (unpaired) electrons. The topological polar surface area (TPSA) is 93.4 Å². The van der Waals surface area contributed by atoms with E-state index in [1.807, 2.05) is 24.3 Å². The minimum atomic E-state index is -0.328. The number of ether oxygens (including phenoxy) is 1. The van der Waals surface area contributed by atoms with Gasteiger partial charge in [0.05, 0.1) is 13.0 Å². The van der Waals surface area contributed by atoms with Crippen molar-refractivity contribution in [1.29, 1.82) is 0 Å². The fourth-order valence-electron chi connectivity index (χ4n) is 4.38. The molecule has 0 saturated carbocycles. The van der Waals surface area contributed by atoms with Gasteiger partial charge in [0.25, 0.3) is 5.71 Å². The molecule has 1 amide bonds. The van der Waals surface area contributed by atoms with Gasteiger partial charge in [-0.15, -0.1) is 0 Å². The van der Waals surface area contributed by atoms with Crippen LogP contribution in [-0.4, -0.2) is 41.2 Å². The quantitative estimate of drug-likeness (QED) is 0.464. The van der Waals surface area contributed by atoms with Crippen LogP contribution in [0.15, 0.2) is 59.4 Å². The van der Waals surface area contributed by atoms with Gasteiger partial charge in [0.1, 0.15) is 34.8 Å². The van der Waals surface area contributed by atoms with E-state index in [1.165, 1.54) is 18.5 Å². The van der Waals surface area contributed by atoms with Crippen LogP contribution in [0.25, 0.3) is 22.4 Å². The van der Waals surface area contributed by atoms with Gasteiger partial charge in [0.15, 0.2) is 0 Å². The van der Waals surface area contributed by atoms with Crippen molar-refractivity contribution in [2.45, 2.75) is 19.4 Å². The van der Waals surface area contributed by atoms with E-state index in [-0.39, 0.29) is 17.6 Å². The maximum atomic E-state index is 13.4. The number of methoxy groups -OCH3 is 1. The highest BCUT2D eigenvalue weighted by molar-refractivity contribution is 5.98. The number of nitrogens with one attached hydrogen (secondary N) is 1. The summed E-state index contributed by atoms with van der Waals surface area (Å²) in [7, 11) is 1.62. The maximum absolute atomic E-state index is 13.4. The van der Waals surface area contributed by atoms with Crippen LogP contribution in [0.2, 0.25) is 0 Å². The van der Waals surface area contributed by atoms with Gasteiger partial charge in [-0.1, -0.05) is 23.4 Å². The minimum absolute atomic E-state index is 0.00928. The first-order chi connectivity index (χ1) is 16.6. The zero-order chi connectivity index (χ0) is 23.5. The number of anilines is 1. The summed E-state index contributed by atoms with van der Waals surface area (Å²) in [4.78, 5) is 23.8. The van der Waals surface area contributed by atoms with Crippen molar-refractivity contribution < 1.29 is 18.4 Å². The summed E-state index contributed by atoms with van der Waals surface area (Å²) in [5, 5.41) is 7.87. The first-order valence-corrected chi connectivity index (χ1v) is 11.1. The molecule has 2 aromatic carbocycles. The number of nitrogens with zero attached hydrogens (tertiary/aromatic N) is 4. The highest BCUT2D eigenvalue weighted by Gasteiger charge is 2.29. The fourth-order valence-corrected chi connectivity index (χ4v) is 4.38. The first kappa shape index (κ1) is 21.8. The molecule has 1 aliphatic heterocycles. The molecule has 9 heteroatoms. The molecular weight excluding hydrogens is 437 g/mol. The van der Waals surface area contributed by atoms with Crippen molar-refractivity contribution >= 4 is 22.8 Å². The number of hydrogen-bond acceptors (Lipinski definition) is 7.